The zero-order chi connectivity index (χ0) is 22.1. The zero-order valence-corrected chi connectivity index (χ0v) is 17.4. The van der Waals surface area contributed by atoms with Crippen molar-refractivity contribution in [1.29, 1.82) is 0 Å². The third-order valence-electron chi connectivity index (χ3n) is 6.82. The summed E-state index contributed by atoms with van der Waals surface area (Å²) in [6, 6.07) is 5.57. The molecular formula is C22H17F3N4O2S. The highest BCUT2D eigenvalue weighted by Gasteiger charge is 2.76. The van der Waals surface area contributed by atoms with Gasteiger partial charge in [0.2, 0.25) is 5.88 Å². The summed E-state index contributed by atoms with van der Waals surface area (Å²) >= 11 is 1.42. The molecule has 4 atom stereocenters. The smallest absolute Gasteiger partial charge is 0.417 e. The molecule has 4 heterocycles. The van der Waals surface area contributed by atoms with Crippen LogP contribution in [-0.4, -0.2) is 44.4 Å². The molecule has 0 N–H and O–H groups in total. The predicted molar refractivity (Wildman–Crippen MR) is 109 cm³/mol. The predicted octanol–water partition coefficient (Wildman–Crippen LogP) is 4.30. The van der Waals surface area contributed by atoms with Gasteiger partial charge in [-0.15, -0.1) is 11.3 Å². The van der Waals surface area contributed by atoms with Crippen molar-refractivity contribution >= 4 is 17.2 Å². The van der Waals surface area contributed by atoms with E-state index in [2.05, 4.69) is 15.0 Å². The quantitative estimate of drug-likeness (QED) is 0.583. The summed E-state index contributed by atoms with van der Waals surface area (Å²) in [7, 11) is 0. The van der Waals surface area contributed by atoms with Crippen LogP contribution in [0.3, 0.4) is 0 Å². The Hall–Kier alpha value is -3.01. The van der Waals surface area contributed by atoms with Crippen LogP contribution in [-0.2, 0) is 6.18 Å². The van der Waals surface area contributed by atoms with E-state index in [4.69, 9.17) is 4.74 Å². The highest BCUT2D eigenvalue weighted by atomic mass is 32.1. The molecule has 2 saturated carbocycles. The lowest BCUT2D eigenvalue weighted by Crippen LogP contribution is -2.59. The summed E-state index contributed by atoms with van der Waals surface area (Å²) in [4.78, 5) is 27.9. The van der Waals surface area contributed by atoms with E-state index in [1.54, 1.807) is 24.5 Å². The number of hydrogen-bond donors (Lipinski definition) is 0. The van der Waals surface area contributed by atoms with Crippen LogP contribution in [0.4, 0.5) is 13.2 Å². The molecule has 0 radical (unpaired) electrons. The first-order valence-electron chi connectivity index (χ1n) is 10.2. The van der Waals surface area contributed by atoms with Crippen LogP contribution in [0.1, 0.15) is 28.8 Å². The van der Waals surface area contributed by atoms with E-state index < -0.39 is 11.7 Å². The van der Waals surface area contributed by atoms with Crippen LogP contribution in [0.5, 0.6) is 5.88 Å². The number of piperidine rings is 1. The molecule has 1 spiro atoms. The number of carbonyl (C=O) groups is 1. The van der Waals surface area contributed by atoms with Gasteiger partial charge in [0.15, 0.2) is 0 Å². The number of rotatable bonds is 4. The minimum Gasteiger partial charge on any atom is -0.472 e. The maximum absolute atomic E-state index is 13.5. The topological polar surface area (TPSA) is 68.2 Å². The fourth-order valence-electron chi connectivity index (χ4n) is 5.27. The minimum atomic E-state index is -4.44. The Morgan fingerprint density at radius 3 is 2.75 bits per heavy atom. The van der Waals surface area contributed by atoms with Crippen LogP contribution in [0.25, 0.3) is 10.7 Å². The van der Waals surface area contributed by atoms with Crippen LogP contribution in [0.15, 0.2) is 48.2 Å². The van der Waals surface area contributed by atoms with Gasteiger partial charge >= 0.3 is 6.18 Å². The van der Waals surface area contributed by atoms with E-state index in [0.717, 1.165) is 25.1 Å². The summed E-state index contributed by atoms with van der Waals surface area (Å²) in [6.45, 7) is 0.649. The molecule has 1 amide bonds. The first-order chi connectivity index (χ1) is 15.4. The van der Waals surface area contributed by atoms with Gasteiger partial charge < -0.3 is 9.64 Å². The van der Waals surface area contributed by atoms with Gasteiger partial charge in [0, 0.05) is 42.0 Å². The zero-order valence-electron chi connectivity index (χ0n) is 16.6. The summed E-state index contributed by atoms with van der Waals surface area (Å²) in [5.74, 6) is 0.463. The van der Waals surface area contributed by atoms with Gasteiger partial charge in [-0.25, -0.2) is 9.97 Å². The molecule has 1 saturated heterocycles. The molecule has 3 aromatic heterocycles. The number of pyridine rings is 2. The van der Waals surface area contributed by atoms with Gasteiger partial charge in [0.05, 0.1) is 17.2 Å². The Morgan fingerprint density at radius 2 is 2.03 bits per heavy atom. The molecule has 1 aliphatic heterocycles. The average molecular weight is 458 g/mol. The Labute approximate surface area is 185 Å². The van der Waals surface area contributed by atoms with Crippen molar-refractivity contribution in [2.75, 3.05) is 6.54 Å². The summed E-state index contributed by atoms with van der Waals surface area (Å²) < 4.78 is 44.3. The van der Waals surface area contributed by atoms with Crippen molar-refractivity contribution in [1.82, 2.24) is 19.9 Å². The maximum Gasteiger partial charge on any atom is 0.417 e. The van der Waals surface area contributed by atoms with Gasteiger partial charge in [-0.1, -0.05) is 0 Å². The Kier molecular flexibility index (Phi) is 4.14. The number of halogens is 3. The van der Waals surface area contributed by atoms with Crippen LogP contribution in [0.2, 0.25) is 0 Å². The summed E-state index contributed by atoms with van der Waals surface area (Å²) in [6.07, 6.45) is 1.18. The highest BCUT2D eigenvalue weighted by Crippen LogP contribution is 2.71. The highest BCUT2D eigenvalue weighted by molar-refractivity contribution is 7.13. The largest absolute Gasteiger partial charge is 0.472 e. The van der Waals surface area contributed by atoms with E-state index >= 15 is 0 Å². The molecular weight excluding hydrogens is 441 g/mol. The van der Waals surface area contributed by atoms with Crippen LogP contribution < -0.4 is 4.74 Å². The van der Waals surface area contributed by atoms with Crippen molar-refractivity contribution in [2.24, 2.45) is 11.3 Å². The second-order valence-corrected chi connectivity index (χ2v) is 9.41. The first kappa shape index (κ1) is 19.7. The van der Waals surface area contributed by atoms with Gasteiger partial charge in [-0.2, -0.15) is 13.2 Å². The lowest BCUT2D eigenvalue weighted by atomic mass is 9.73. The average Bonchev–Trinajstić information content (AvgIpc) is 3.14. The molecule has 2 aliphatic carbocycles. The Bertz CT molecular complexity index is 1180. The second kappa shape index (κ2) is 6.74. The number of amides is 1. The van der Waals surface area contributed by atoms with Gasteiger partial charge in [-0.05, 0) is 37.0 Å². The number of likely N-dealkylation sites (tertiary alicyclic amines) is 1. The van der Waals surface area contributed by atoms with Crippen molar-refractivity contribution in [3.05, 3.63) is 59.4 Å². The summed E-state index contributed by atoms with van der Waals surface area (Å²) in [5, 5.41) is 2.52. The fraction of sp³-hybridized carbons (Fsp3) is 0.364. The maximum atomic E-state index is 13.5. The minimum absolute atomic E-state index is 0.0653. The molecule has 0 aromatic carbocycles. The fourth-order valence-corrected chi connectivity index (χ4v) is 5.92. The lowest BCUT2D eigenvalue weighted by molar-refractivity contribution is -0.137. The lowest BCUT2D eigenvalue weighted by Gasteiger charge is -2.47. The monoisotopic (exact) mass is 458 g/mol. The third kappa shape index (κ3) is 2.92. The van der Waals surface area contributed by atoms with E-state index in [0.29, 0.717) is 28.7 Å². The number of hydrogen-bond acceptors (Lipinski definition) is 6. The molecule has 0 bridgehead atoms. The number of carbonyl (C=O) groups excluding carboxylic acids is 1. The molecule has 4 unspecified atom stereocenters. The van der Waals surface area contributed by atoms with Gasteiger partial charge in [0.1, 0.15) is 16.8 Å². The van der Waals surface area contributed by atoms with E-state index in [-0.39, 0.29) is 29.3 Å². The Balaban J connectivity index is 1.24. The number of nitrogens with zero attached hydrogens (tertiary/aromatic N) is 4. The SMILES string of the molecule is O=C(c1cccnc1-c1nccs1)N1CC2CC23CC(Oc2ccc(C(F)(F)F)cn2)C13. The molecule has 6 nitrogen and oxygen atoms in total. The normalized spacial score (nSPS) is 28.0. The standard InChI is InChI=1S/C22H17F3N4O2S/c23-22(24,25)12-3-4-16(28-10-12)31-15-9-21-8-13(21)11-29(18(15)21)20(30)14-2-1-5-26-17(14)19-27-6-7-32-19/h1-7,10,13,15,18H,8-9,11H2. The number of aromatic nitrogens is 3. The van der Waals surface area contributed by atoms with Crippen LogP contribution >= 0.6 is 11.3 Å². The molecule has 6 rings (SSSR count). The number of alkyl halides is 3. The number of thiazole rings is 1. The molecule has 3 fully saturated rings. The van der Waals surface area contributed by atoms with Crippen molar-refractivity contribution < 1.29 is 22.7 Å². The molecule has 3 aliphatic rings. The first-order valence-corrected chi connectivity index (χ1v) is 11.1. The summed E-state index contributed by atoms with van der Waals surface area (Å²) in [5.41, 5.74) is 0.303. The van der Waals surface area contributed by atoms with Gasteiger partial charge in [-0.3, -0.25) is 9.78 Å². The number of ether oxygens (including phenoxy) is 1. The van der Waals surface area contributed by atoms with Crippen LogP contribution in [0, 0.1) is 11.3 Å². The second-order valence-electron chi connectivity index (χ2n) is 8.52. The molecule has 164 valence electrons. The van der Waals surface area contributed by atoms with E-state index in [1.807, 2.05) is 10.3 Å². The third-order valence-corrected chi connectivity index (χ3v) is 7.60. The van der Waals surface area contributed by atoms with Crippen molar-refractivity contribution in [2.45, 2.75) is 31.2 Å². The molecule has 32 heavy (non-hydrogen) atoms. The van der Waals surface area contributed by atoms with Crippen molar-refractivity contribution in [3.8, 4) is 16.6 Å². The molecule has 10 heteroatoms. The Morgan fingerprint density at radius 1 is 1.16 bits per heavy atom. The van der Waals surface area contributed by atoms with Crippen molar-refractivity contribution in [3.63, 3.8) is 0 Å². The van der Waals surface area contributed by atoms with E-state index in [1.165, 1.54) is 17.4 Å². The molecule has 3 aromatic rings. The van der Waals surface area contributed by atoms with E-state index in [9.17, 15) is 18.0 Å². The van der Waals surface area contributed by atoms with Gasteiger partial charge in [0.25, 0.3) is 5.91 Å².